The first-order valence-corrected chi connectivity index (χ1v) is 6.38. The van der Waals surface area contributed by atoms with Gasteiger partial charge < -0.3 is 4.74 Å². The van der Waals surface area contributed by atoms with E-state index in [-0.39, 0.29) is 5.78 Å². The predicted molar refractivity (Wildman–Crippen MR) is 72.9 cm³/mol. The van der Waals surface area contributed by atoms with Crippen molar-refractivity contribution in [1.82, 2.24) is 0 Å². The van der Waals surface area contributed by atoms with Crippen molar-refractivity contribution >= 4 is 11.9 Å². The van der Waals surface area contributed by atoms with Gasteiger partial charge in [-0.05, 0) is 23.3 Å². The van der Waals surface area contributed by atoms with Crippen LogP contribution in [0, 0.1) is 0 Å². The third kappa shape index (κ3) is 1.34. The van der Waals surface area contributed by atoms with Crippen molar-refractivity contribution in [2.45, 2.75) is 12.0 Å². The summed E-state index contributed by atoms with van der Waals surface area (Å²) < 4.78 is 6.07. The van der Waals surface area contributed by atoms with Crippen LogP contribution in [0.5, 0.6) is 5.75 Å². The van der Waals surface area contributed by atoms with Gasteiger partial charge in [0.05, 0.1) is 0 Å². The Morgan fingerprint density at radius 3 is 2.63 bits per heavy atom. The minimum atomic E-state index is -0.852. The number of rotatable bonds is 0. The molecule has 92 valence electrons. The second kappa shape index (κ2) is 3.58. The molecule has 0 fully saturated rings. The second-order valence-electron chi connectivity index (χ2n) is 5.00. The first-order valence-electron chi connectivity index (χ1n) is 6.38. The number of hydrogen-bond donors (Lipinski definition) is 0. The van der Waals surface area contributed by atoms with Crippen LogP contribution in [0.15, 0.2) is 54.6 Å². The molecular formula is C17H12O2. The first-order chi connectivity index (χ1) is 9.29. The fraction of sp³-hybridized carbons (Fsp3) is 0.118. The number of fused-ring (bicyclic) bond motifs is 3. The summed E-state index contributed by atoms with van der Waals surface area (Å²) in [5, 5.41) is 0. The van der Waals surface area contributed by atoms with Crippen LogP contribution in [-0.2, 0) is 16.8 Å². The van der Waals surface area contributed by atoms with Crippen LogP contribution in [0.2, 0.25) is 0 Å². The predicted octanol–water partition coefficient (Wildman–Crippen LogP) is 3.11. The van der Waals surface area contributed by atoms with Gasteiger partial charge in [-0.3, -0.25) is 4.79 Å². The minimum Gasteiger partial charge on any atom is -0.474 e. The Labute approximate surface area is 111 Å². The SMILES string of the molecule is O=C1C=Cc2ccccc2C12Cc1ccccc1O2. The summed E-state index contributed by atoms with van der Waals surface area (Å²) in [6, 6.07) is 15.8. The molecular weight excluding hydrogens is 236 g/mol. The highest BCUT2D eigenvalue weighted by Gasteiger charge is 2.48. The number of para-hydroxylation sites is 1. The third-order valence-corrected chi connectivity index (χ3v) is 3.90. The number of hydrogen-bond acceptors (Lipinski definition) is 2. The molecule has 0 radical (unpaired) electrons. The van der Waals surface area contributed by atoms with Crippen molar-refractivity contribution < 1.29 is 9.53 Å². The average molecular weight is 248 g/mol. The molecule has 2 aliphatic rings. The van der Waals surface area contributed by atoms with Gasteiger partial charge in [0.25, 0.3) is 0 Å². The molecule has 2 nitrogen and oxygen atoms in total. The summed E-state index contributed by atoms with van der Waals surface area (Å²) in [5.74, 6) is 0.850. The molecule has 0 N–H and O–H groups in total. The molecule has 0 amide bonds. The molecule has 1 aliphatic heterocycles. The van der Waals surface area contributed by atoms with Crippen LogP contribution in [-0.4, -0.2) is 5.78 Å². The zero-order valence-electron chi connectivity index (χ0n) is 10.3. The molecule has 1 heterocycles. The van der Waals surface area contributed by atoms with Crippen molar-refractivity contribution in [2.24, 2.45) is 0 Å². The Morgan fingerprint density at radius 1 is 0.947 bits per heavy atom. The lowest BCUT2D eigenvalue weighted by Gasteiger charge is -2.30. The molecule has 0 saturated carbocycles. The van der Waals surface area contributed by atoms with Gasteiger partial charge in [-0.1, -0.05) is 48.5 Å². The van der Waals surface area contributed by atoms with Crippen molar-refractivity contribution in [1.29, 1.82) is 0 Å². The van der Waals surface area contributed by atoms with E-state index in [1.807, 2.05) is 54.6 Å². The minimum absolute atomic E-state index is 0.0300. The summed E-state index contributed by atoms with van der Waals surface area (Å²) in [7, 11) is 0. The van der Waals surface area contributed by atoms with Crippen LogP contribution in [0.25, 0.3) is 6.08 Å². The largest absolute Gasteiger partial charge is 0.474 e. The summed E-state index contributed by atoms with van der Waals surface area (Å²) in [6.07, 6.45) is 4.12. The highest BCUT2D eigenvalue weighted by molar-refractivity contribution is 6.05. The molecule has 1 spiro atoms. The van der Waals surface area contributed by atoms with Gasteiger partial charge in [0.15, 0.2) is 0 Å². The van der Waals surface area contributed by atoms with Gasteiger partial charge in [0.1, 0.15) is 5.75 Å². The van der Waals surface area contributed by atoms with Crippen molar-refractivity contribution in [3.05, 3.63) is 71.3 Å². The Kier molecular flexibility index (Phi) is 1.99. The molecule has 0 saturated heterocycles. The number of benzene rings is 2. The van der Waals surface area contributed by atoms with Gasteiger partial charge >= 0.3 is 0 Å². The lowest BCUT2D eigenvalue weighted by atomic mass is 9.79. The van der Waals surface area contributed by atoms with Crippen molar-refractivity contribution in [3.8, 4) is 5.75 Å². The average Bonchev–Trinajstić information content (AvgIpc) is 2.84. The molecule has 0 aromatic heterocycles. The highest BCUT2D eigenvalue weighted by Crippen LogP contribution is 2.45. The van der Waals surface area contributed by atoms with E-state index in [0.29, 0.717) is 6.42 Å². The van der Waals surface area contributed by atoms with Crippen molar-refractivity contribution in [3.63, 3.8) is 0 Å². The summed E-state index contributed by atoms with van der Waals surface area (Å²) in [6.45, 7) is 0. The molecule has 1 atom stereocenters. The van der Waals surface area contributed by atoms with Crippen LogP contribution in [0.1, 0.15) is 16.7 Å². The van der Waals surface area contributed by atoms with Crippen LogP contribution in [0.3, 0.4) is 0 Å². The maximum absolute atomic E-state index is 12.4. The van der Waals surface area contributed by atoms with E-state index in [0.717, 1.165) is 22.4 Å². The lowest BCUT2D eigenvalue weighted by Crippen LogP contribution is -2.41. The number of carbonyl (C=O) groups excluding carboxylic acids is 1. The van der Waals surface area contributed by atoms with E-state index in [9.17, 15) is 4.79 Å². The van der Waals surface area contributed by atoms with E-state index in [2.05, 4.69) is 0 Å². The molecule has 0 bridgehead atoms. The van der Waals surface area contributed by atoms with Crippen LogP contribution in [0.4, 0.5) is 0 Å². The molecule has 4 rings (SSSR count). The van der Waals surface area contributed by atoms with Crippen LogP contribution >= 0.6 is 0 Å². The van der Waals surface area contributed by atoms with Gasteiger partial charge in [-0.2, -0.15) is 0 Å². The maximum Gasteiger partial charge on any atom is 0.204 e. The van der Waals surface area contributed by atoms with E-state index in [4.69, 9.17) is 4.74 Å². The van der Waals surface area contributed by atoms with E-state index >= 15 is 0 Å². The van der Waals surface area contributed by atoms with Gasteiger partial charge in [-0.15, -0.1) is 0 Å². The summed E-state index contributed by atoms with van der Waals surface area (Å²) in [4.78, 5) is 12.4. The zero-order valence-corrected chi connectivity index (χ0v) is 10.3. The molecule has 19 heavy (non-hydrogen) atoms. The second-order valence-corrected chi connectivity index (χ2v) is 5.00. The Balaban J connectivity index is 1.93. The quantitative estimate of drug-likeness (QED) is 0.716. The lowest BCUT2D eigenvalue weighted by molar-refractivity contribution is -0.128. The molecule has 2 aromatic rings. The topological polar surface area (TPSA) is 26.3 Å². The fourth-order valence-electron chi connectivity index (χ4n) is 2.97. The first kappa shape index (κ1) is 10.6. The Hall–Kier alpha value is -2.35. The fourth-order valence-corrected chi connectivity index (χ4v) is 2.97. The number of ketones is 1. The van der Waals surface area contributed by atoms with Gasteiger partial charge in [0.2, 0.25) is 11.4 Å². The van der Waals surface area contributed by atoms with E-state index < -0.39 is 5.60 Å². The van der Waals surface area contributed by atoms with Crippen molar-refractivity contribution in [2.75, 3.05) is 0 Å². The number of carbonyl (C=O) groups is 1. The smallest absolute Gasteiger partial charge is 0.204 e. The van der Waals surface area contributed by atoms with Gasteiger partial charge in [0, 0.05) is 12.0 Å². The normalized spacial score (nSPS) is 23.1. The molecule has 2 aromatic carbocycles. The van der Waals surface area contributed by atoms with Gasteiger partial charge in [-0.25, -0.2) is 0 Å². The molecule has 2 heteroatoms. The Morgan fingerprint density at radius 2 is 1.74 bits per heavy atom. The monoisotopic (exact) mass is 248 g/mol. The molecule has 1 aliphatic carbocycles. The molecule has 1 unspecified atom stereocenters. The van der Waals surface area contributed by atoms with Crippen LogP contribution < -0.4 is 4.74 Å². The Bertz CT molecular complexity index is 688. The maximum atomic E-state index is 12.4. The standard InChI is InChI=1S/C17H12O2/c18-16-10-9-12-5-1-3-7-14(12)17(16)11-13-6-2-4-8-15(13)19-17/h1-10H,11H2. The number of ether oxygens (including phenoxy) is 1. The third-order valence-electron chi connectivity index (χ3n) is 3.90. The van der Waals surface area contributed by atoms with E-state index in [1.54, 1.807) is 6.08 Å². The summed E-state index contributed by atoms with van der Waals surface area (Å²) in [5.41, 5.74) is 2.28. The summed E-state index contributed by atoms with van der Waals surface area (Å²) >= 11 is 0. The van der Waals surface area contributed by atoms with E-state index in [1.165, 1.54) is 0 Å². The zero-order chi connectivity index (χ0) is 12.9. The highest BCUT2D eigenvalue weighted by atomic mass is 16.5.